The zero-order valence-electron chi connectivity index (χ0n) is 7.49. The Bertz CT molecular complexity index is 60.4. The molecule has 0 aliphatic heterocycles. The lowest BCUT2D eigenvalue weighted by molar-refractivity contribution is 0.463. The fourth-order valence-corrected chi connectivity index (χ4v) is 0.144. The summed E-state index contributed by atoms with van der Waals surface area (Å²) in [6.07, 6.45) is 3.17. The summed E-state index contributed by atoms with van der Waals surface area (Å²) in [5.41, 5.74) is 0.347. The Morgan fingerprint density at radius 1 is 1.33 bits per heavy atom. The fourth-order valence-electron chi connectivity index (χ4n) is 0.144. The van der Waals surface area contributed by atoms with Crippen LogP contribution in [-0.4, -0.2) is 0 Å². The maximum Gasteiger partial charge on any atom is -0.0180 e. The van der Waals surface area contributed by atoms with Crippen LogP contribution in [0, 0.1) is 5.41 Å². The van der Waals surface area contributed by atoms with E-state index in [2.05, 4.69) is 27.4 Å². The smallest absolute Gasteiger partial charge is 0.0180 e. The third kappa shape index (κ3) is 7.74. The Labute approximate surface area is 60.0 Å². The minimum Gasteiger partial charge on any atom is -0.103 e. The second-order valence-corrected chi connectivity index (χ2v) is 2.55. The normalized spacial score (nSPS) is 9.44. The molecule has 0 amide bonds. The Kier molecular flexibility index (Phi) is 7.52. The topological polar surface area (TPSA) is 0 Å². The predicted octanol–water partition coefficient (Wildman–Crippen LogP) is 3.63. The van der Waals surface area contributed by atoms with Crippen molar-refractivity contribution in [1.82, 2.24) is 0 Å². The highest BCUT2D eigenvalue weighted by Gasteiger charge is 2.06. The maximum atomic E-state index is 3.70. The van der Waals surface area contributed by atoms with Gasteiger partial charge in [-0.25, -0.2) is 0 Å². The van der Waals surface area contributed by atoms with Gasteiger partial charge in [0.25, 0.3) is 0 Å². The average molecular weight is 128 g/mol. The van der Waals surface area contributed by atoms with E-state index in [-0.39, 0.29) is 0 Å². The highest BCUT2D eigenvalue weighted by atomic mass is 14.1. The molecule has 0 spiro atoms. The quantitative estimate of drug-likeness (QED) is 0.498. The van der Waals surface area contributed by atoms with E-state index in [1.807, 2.05) is 19.9 Å². The summed E-state index contributed by atoms with van der Waals surface area (Å²) in [5.74, 6) is 0. The molecule has 0 bridgehead atoms. The number of hydrogen-bond acceptors (Lipinski definition) is 0. The highest BCUT2D eigenvalue weighted by Crippen LogP contribution is 2.19. The van der Waals surface area contributed by atoms with Crippen LogP contribution in [0.15, 0.2) is 12.7 Å². The van der Waals surface area contributed by atoms with E-state index in [1.54, 1.807) is 0 Å². The van der Waals surface area contributed by atoms with Crippen molar-refractivity contribution in [1.29, 1.82) is 0 Å². The van der Waals surface area contributed by atoms with Gasteiger partial charge < -0.3 is 0 Å². The van der Waals surface area contributed by atoms with Gasteiger partial charge in [-0.15, -0.1) is 6.58 Å². The number of hydrogen-bond donors (Lipinski definition) is 0. The summed E-state index contributed by atoms with van der Waals surface area (Å²) in [6, 6.07) is 0. The first-order valence-electron chi connectivity index (χ1n) is 3.76. The first-order valence-corrected chi connectivity index (χ1v) is 3.76. The summed E-state index contributed by atoms with van der Waals surface area (Å²) in [4.78, 5) is 0. The second kappa shape index (κ2) is 5.87. The van der Waals surface area contributed by atoms with Gasteiger partial charge in [-0.1, -0.05) is 40.7 Å². The number of allylic oxidation sites excluding steroid dienone is 1. The van der Waals surface area contributed by atoms with Crippen molar-refractivity contribution in [3.63, 3.8) is 0 Å². The van der Waals surface area contributed by atoms with Crippen LogP contribution in [0.1, 0.15) is 41.0 Å². The lowest BCUT2D eigenvalue weighted by Crippen LogP contribution is -2.02. The van der Waals surface area contributed by atoms with E-state index in [1.165, 1.54) is 6.42 Å². The molecule has 0 fully saturated rings. The van der Waals surface area contributed by atoms with Gasteiger partial charge in [-0.3, -0.25) is 0 Å². The van der Waals surface area contributed by atoms with E-state index >= 15 is 0 Å². The summed E-state index contributed by atoms with van der Waals surface area (Å²) in [6.45, 7) is 14.2. The number of rotatable bonds is 2. The molecule has 0 rings (SSSR count). The fraction of sp³-hybridized carbons (Fsp3) is 0.778. The molecule has 0 aliphatic rings. The molecule has 0 aromatic heterocycles. The third-order valence-electron chi connectivity index (χ3n) is 1.46. The highest BCUT2D eigenvalue weighted by molar-refractivity contribution is 4.85. The van der Waals surface area contributed by atoms with Crippen molar-refractivity contribution in [2.45, 2.75) is 41.0 Å². The van der Waals surface area contributed by atoms with Gasteiger partial charge in [-0.2, -0.15) is 0 Å². The summed E-state index contributed by atoms with van der Waals surface area (Å²) >= 11 is 0. The molecule has 56 valence electrons. The zero-order chi connectivity index (χ0) is 7.91. The first kappa shape index (κ1) is 11.5. The summed E-state index contributed by atoms with van der Waals surface area (Å²) < 4.78 is 0. The van der Waals surface area contributed by atoms with Crippen LogP contribution >= 0.6 is 0 Å². The molecule has 0 radical (unpaired) electrons. The molecule has 0 nitrogen and oxygen atoms in total. The molecule has 0 heteroatoms. The molecule has 0 N–H and O–H groups in total. The maximum absolute atomic E-state index is 3.70. The molecule has 0 heterocycles. The Morgan fingerprint density at radius 2 is 1.67 bits per heavy atom. The van der Waals surface area contributed by atoms with Gasteiger partial charge in [0.1, 0.15) is 0 Å². The molecule has 9 heavy (non-hydrogen) atoms. The van der Waals surface area contributed by atoms with E-state index in [0.29, 0.717) is 5.41 Å². The van der Waals surface area contributed by atoms with E-state index in [0.717, 1.165) is 0 Å². The second-order valence-electron chi connectivity index (χ2n) is 2.55. The van der Waals surface area contributed by atoms with Crippen molar-refractivity contribution in [2.24, 2.45) is 5.41 Å². The molecule has 0 unspecified atom stereocenters. The van der Waals surface area contributed by atoms with Gasteiger partial charge in [0.15, 0.2) is 0 Å². The van der Waals surface area contributed by atoms with E-state index in [9.17, 15) is 0 Å². The largest absolute Gasteiger partial charge is 0.103 e. The molecule has 0 saturated carbocycles. The standard InChI is InChI=1S/C7H14.C2H6/c1-5-7(3,4)6-2;1-2/h5H,1,6H2,2-4H3;1-2H3. The van der Waals surface area contributed by atoms with Crippen LogP contribution in [0.3, 0.4) is 0 Å². The minimum atomic E-state index is 0.347. The van der Waals surface area contributed by atoms with Crippen LogP contribution in [0.2, 0.25) is 0 Å². The molecule has 0 aliphatic carbocycles. The molecular weight excluding hydrogens is 108 g/mol. The van der Waals surface area contributed by atoms with Crippen molar-refractivity contribution in [3.8, 4) is 0 Å². The van der Waals surface area contributed by atoms with Gasteiger partial charge in [0.05, 0.1) is 0 Å². The molecular formula is C9H20. The first-order chi connectivity index (χ1) is 4.12. The summed E-state index contributed by atoms with van der Waals surface area (Å²) in [5, 5.41) is 0. The van der Waals surface area contributed by atoms with Gasteiger partial charge in [-0.05, 0) is 11.8 Å². The lowest BCUT2D eigenvalue weighted by Gasteiger charge is -2.14. The Hall–Kier alpha value is -0.260. The van der Waals surface area contributed by atoms with E-state index in [4.69, 9.17) is 0 Å². The molecule has 0 aromatic rings. The monoisotopic (exact) mass is 128 g/mol. The van der Waals surface area contributed by atoms with Gasteiger partial charge >= 0.3 is 0 Å². The Morgan fingerprint density at radius 3 is 1.67 bits per heavy atom. The van der Waals surface area contributed by atoms with Crippen LogP contribution < -0.4 is 0 Å². The van der Waals surface area contributed by atoms with Crippen LogP contribution in [0.5, 0.6) is 0 Å². The summed E-state index contributed by atoms with van der Waals surface area (Å²) in [7, 11) is 0. The van der Waals surface area contributed by atoms with Crippen molar-refractivity contribution >= 4 is 0 Å². The van der Waals surface area contributed by atoms with Crippen molar-refractivity contribution in [2.75, 3.05) is 0 Å². The van der Waals surface area contributed by atoms with Crippen molar-refractivity contribution < 1.29 is 0 Å². The zero-order valence-corrected chi connectivity index (χ0v) is 7.49. The SMILES string of the molecule is C=CC(C)(C)CC.CC. The lowest BCUT2D eigenvalue weighted by atomic mass is 9.91. The van der Waals surface area contributed by atoms with Crippen LogP contribution in [-0.2, 0) is 0 Å². The predicted molar refractivity (Wildman–Crippen MR) is 45.6 cm³/mol. The van der Waals surface area contributed by atoms with Gasteiger partial charge in [0.2, 0.25) is 0 Å². The molecule has 0 saturated heterocycles. The third-order valence-corrected chi connectivity index (χ3v) is 1.46. The van der Waals surface area contributed by atoms with Crippen LogP contribution in [0.4, 0.5) is 0 Å². The molecule has 0 aromatic carbocycles. The van der Waals surface area contributed by atoms with Crippen LogP contribution in [0.25, 0.3) is 0 Å². The minimum absolute atomic E-state index is 0.347. The van der Waals surface area contributed by atoms with Crippen molar-refractivity contribution in [3.05, 3.63) is 12.7 Å². The average Bonchev–Trinajstić information content (AvgIpc) is 1.93. The van der Waals surface area contributed by atoms with Gasteiger partial charge in [0, 0.05) is 0 Å². The Balaban J connectivity index is 0. The van der Waals surface area contributed by atoms with E-state index < -0.39 is 0 Å². The molecule has 0 atom stereocenters.